The van der Waals surface area contributed by atoms with Crippen LogP contribution in [0.5, 0.6) is 5.75 Å². The highest BCUT2D eigenvalue weighted by molar-refractivity contribution is 5.75. The van der Waals surface area contributed by atoms with Crippen LogP contribution in [0, 0.1) is 0 Å². The minimum atomic E-state index is -0.602. The third-order valence-corrected chi connectivity index (χ3v) is 4.26. The number of aliphatic hydroxyl groups is 1. The molecule has 28 heavy (non-hydrogen) atoms. The second-order valence-corrected chi connectivity index (χ2v) is 7.79. The maximum atomic E-state index is 12.5. The number of pyridine rings is 1. The first kappa shape index (κ1) is 20.0. The molecular formula is C21H26N4O3. The molecule has 3 aromatic rings. The summed E-state index contributed by atoms with van der Waals surface area (Å²) < 4.78 is 7.15. The fourth-order valence-corrected chi connectivity index (χ4v) is 2.73. The second kappa shape index (κ2) is 8.08. The van der Waals surface area contributed by atoms with Gasteiger partial charge in [0.1, 0.15) is 24.3 Å². The number of rotatable bonds is 6. The monoisotopic (exact) mass is 382 g/mol. The van der Waals surface area contributed by atoms with Crippen molar-refractivity contribution in [1.29, 1.82) is 0 Å². The van der Waals surface area contributed by atoms with E-state index in [1.807, 2.05) is 32.9 Å². The molecule has 1 unspecified atom stereocenters. The Kier molecular flexibility index (Phi) is 5.76. The van der Waals surface area contributed by atoms with Crippen LogP contribution in [0.15, 0.2) is 47.4 Å². The van der Waals surface area contributed by atoms with Gasteiger partial charge in [0.15, 0.2) is 5.52 Å². The molecule has 0 amide bonds. The molecule has 0 spiro atoms. The van der Waals surface area contributed by atoms with Gasteiger partial charge in [0.05, 0.1) is 5.52 Å². The van der Waals surface area contributed by atoms with Crippen LogP contribution in [-0.2, 0) is 7.05 Å². The van der Waals surface area contributed by atoms with E-state index in [4.69, 9.17) is 4.74 Å². The topological polar surface area (TPSA) is 89.3 Å². The average Bonchev–Trinajstić information content (AvgIpc) is 2.67. The molecule has 0 aliphatic carbocycles. The van der Waals surface area contributed by atoms with Crippen molar-refractivity contribution in [1.82, 2.24) is 19.9 Å². The van der Waals surface area contributed by atoms with E-state index in [2.05, 4.69) is 15.3 Å². The van der Waals surface area contributed by atoms with E-state index < -0.39 is 6.10 Å². The number of aromatic nitrogens is 3. The largest absolute Gasteiger partial charge is 0.491 e. The number of aliphatic hydroxyl groups excluding tert-OH is 1. The fourth-order valence-electron chi connectivity index (χ4n) is 2.73. The highest BCUT2D eigenvalue weighted by Gasteiger charge is 2.13. The van der Waals surface area contributed by atoms with Gasteiger partial charge in [-0.15, -0.1) is 0 Å². The molecule has 2 N–H and O–H groups in total. The average molecular weight is 382 g/mol. The van der Waals surface area contributed by atoms with Crippen molar-refractivity contribution >= 4 is 11.0 Å². The summed E-state index contributed by atoms with van der Waals surface area (Å²) in [4.78, 5) is 21.2. The van der Waals surface area contributed by atoms with Gasteiger partial charge in [-0.3, -0.25) is 9.36 Å². The van der Waals surface area contributed by atoms with Gasteiger partial charge in [0.25, 0.3) is 5.56 Å². The molecule has 3 rings (SSSR count). The van der Waals surface area contributed by atoms with E-state index in [0.29, 0.717) is 29.2 Å². The number of hydrogen-bond acceptors (Lipinski definition) is 6. The number of ether oxygens (including phenoxy) is 1. The molecule has 0 radical (unpaired) electrons. The van der Waals surface area contributed by atoms with Crippen molar-refractivity contribution in [3.05, 3.63) is 52.9 Å². The van der Waals surface area contributed by atoms with Crippen molar-refractivity contribution in [2.24, 2.45) is 7.05 Å². The zero-order chi connectivity index (χ0) is 20.3. The third-order valence-electron chi connectivity index (χ3n) is 4.26. The molecule has 0 bridgehead atoms. The summed E-state index contributed by atoms with van der Waals surface area (Å²) in [6.45, 7) is 6.79. The summed E-state index contributed by atoms with van der Waals surface area (Å²) in [5.41, 5.74) is 1.48. The van der Waals surface area contributed by atoms with Crippen molar-refractivity contribution in [2.45, 2.75) is 32.4 Å². The molecule has 0 aliphatic rings. The van der Waals surface area contributed by atoms with Crippen LogP contribution in [0.3, 0.4) is 0 Å². The zero-order valence-corrected chi connectivity index (χ0v) is 16.6. The Hall–Kier alpha value is -2.77. The number of hydrogen-bond donors (Lipinski definition) is 2. The maximum absolute atomic E-state index is 12.5. The third kappa shape index (κ3) is 4.74. The molecule has 2 aromatic heterocycles. The first-order valence-electron chi connectivity index (χ1n) is 9.23. The van der Waals surface area contributed by atoms with Crippen LogP contribution >= 0.6 is 0 Å². The van der Waals surface area contributed by atoms with Crippen LogP contribution in [0.1, 0.15) is 20.8 Å². The number of β-amino-alcohol motifs (C(OH)–C–C–N with tert-alkyl or cyclic N) is 1. The Labute approximate surface area is 164 Å². The first-order chi connectivity index (χ1) is 13.2. The van der Waals surface area contributed by atoms with Crippen molar-refractivity contribution in [3.8, 4) is 17.1 Å². The summed E-state index contributed by atoms with van der Waals surface area (Å²) >= 11 is 0. The highest BCUT2D eigenvalue weighted by Crippen LogP contribution is 2.21. The molecule has 0 fully saturated rings. The Balaban J connectivity index is 1.72. The minimum Gasteiger partial charge on any atom is -0.491 e. The van der Waals surface area contributed by atoms with Gasteiger partial charge in [-0.25, -0.2) is 9.97 Å². The number of fused-ring (bicyclic) bond motifs is 1. The Morgan fingerprint density at radius 3 is 2.61 bits per heavy atom. The molecule has 7 nitrogen and oxygen atoms in total. The lowest BCUT2D eigenvalue weighted by Crippen LogP contribution is -2.42. The van der Waals surface area contributed by atoms with Crippen LogP contribution in [0.25, 0.3) is 22.4 Å². The maximum Gasteiger partial charge on any atom is 0.280 e. The molecule has 2 heterocycles. The molecule has 148 valence electrons. The van der Waals surface area contributed by atoms with Crippen LogP contribution in [-0.4, -0.2) is 44.4 Å². The normalized spacial score (nSPS) is 12.9. The van der Waals surface area contributed by atoms with Gasteiger partial charge in [-0.2, -0.15) is 0 Å². The lowest BCUT2D eigenvalue weighted by atomic mass is 10.1. The molecule has 1 aromatic carbocycles. The van der Waals surface area contributed by atoms with E-state index in [1.165, 1.54) is 4.57 Å². The molecule has 0 saturated heterocycles. The standard InChI is InChI=1S/C21H26N4O3/c1-21(2,3)23-12-15(26)13-28-16-9-7-14(8-10-16)19-24-17-6-5-11-22-18(17)20(27)25(19)4/h5-11,15,23,26H,12-13H2,1-4H3. The van der Waals surface area contributed by atoms with Crippen molar-refractivity contribution in [2.75, 3.05) is 13.2 Å². The van der Waals surface area contributed by atoms with Crippen LogP contribution in [0.2, 0.25) is 0 Å². The molecule has 0 aliphatic heterocycles. The zero-order valence-electron chi connectivity index (χ0n) is 16.6. The number of nitrogens with zero attached hydrogens (tertiary/aromatic N) is 3. The summed E-state index contributed by atoms with van der Waals surface area (Å²) in [5.74, 6) is 1.21. The lowest BCUT2D eigenvalue weighted by molar-refractivity contribution is 0.100. The SMILES string of the molecule is Cn1c(-c2ccc(OCC(O)CNC(C)(C)C)cc2)nc2cccnc2c1=O. The van der Waals surface area contributed by atoms with Gasteiger partial charge in [0, 0.05) is 30.9 Å². The van der Waals surface area contributed by atoms with E-state index >= 15 is 0 Å². The van der Waals surface area contributed by atoms with E-state index in [-0.39, 0.29) is 17.7 Å². The van der Waals surface area contributed by atoms with Gasteiger partial charge in [0.2, 0.25) is 0 Å². The first-order valence-corrected chi connectivity index (χ1v) is 9.23. The van der Waals surface area contributed by atoms with E-state index in [1.54, 1.807) is 37.5 Å². The van der Waals surface area contributed by atoms with Crippen LogP contribution < -0.4 is 15.6 Å². The Bertz CT molecular complexity index is 1010. The summed E-state index contributed by atoms with van der Waals surface area (Å²) in [6.07, 6.45) is 0.984. The fraction of sp³-hybridized carbons (Fsp3) is 0.381. The quantitative estimate of drug-likeness (QED) is 0.679. The summed E-state index contributed by atoms with van der Waals surface area (Å²) in [6, 6.07) is 10.8. The van der Waals surface area contributed by atoms with Gasteiger partial charge < -0.3 is 15.2 Å². The Morgan fingerprint density at radius 2 is 1.93 bits per heavy atom. The van der Waals surface area contributed by atoms with Crippen molar-refractivity contribution in [3.63, 3.8) is 0 Å². The summed E-state index contributed by atoms with van der Waals surface area (Å²) in [5, 5.41) is 13.3. The molecule has 1 atom stereocenters. The molecule has 7 heteroatoms. The molecular weight excluding hydrogens is 356 g/mol. The van der Waals surface area contributed by atoms with E-state index in [9.17, 15) is 9.90 Å². The lowest BCUT2D eigenvalue weighted by Gasteiger charge is -2.23. The van der Waals surface area contributed by atoms with Gasteiger partial charge in [-0.05, 0) is 57.2 Å². The molecule has 0 saturated carbocycles. The van der Waals surface area contributed by atoms with E-state index in [0.717, 1.165) is 5.56 Å². The summed E-state index contributed by atoms with van der Waals surface area (Å²) in [7, 11) is 1.68. The predicted molar refractivity (Wildman–Crippen MR) is 109 cm³/mol. The second-order valence-electron chi connectivity index (χ2n) is 7.79. The number of benzene rings is 1. The van der Waals surface area contributed by atoms with Gasteiger partial charge >= 0.3 is 0 Å². The smallest absolute Gasteiger partial charge is 0.280 e. The van der Waals surface area contributed by atoms with Crippen LogP contribution in [0.4, 0.5) is 0 Å². The minimum absolute atomic E-state index is 0.0546. The van der Waals surface area contributed by atoms with Crippen molar-refractivity contribution < 1.29 is 9.84 Å². The Morgan fingerprint density at radius 1 is 1.21 bits per heavy atom. The predicted octanol–water partition coefficient (Wildman–Crippen LogP) is 2.12. The highest BCUT2D eigenvalue weighted by atomic mass is 16.5. The van der Waals surface area contributed by atoms with Gasteiger partial charge in [-0.1, -0.05) is 0 Å². The number of nitrogens with one attached hydrogen (secondary N) is 1.